The van der Waals surface area contributed by atoms with Gasteiger partial charge in [0.15, 0.2) is 0 Å². The Balaban J connectivity index is 1.44. The number of hydrogen-bond acceptors (Lipinski definition) is 4. The third-order valence-corrected chi connectivity index (χ3v) is 6.07. The third-order valence-electron chi connectivity index (χ3n) is 4.56. The Kier molecular flexibility index (Phi) is 7.14. The molecule has 1 heterocycles. The summed E-state index contributed by atoms with van der Waals surface area (Å²) in [5, 5.41) is 5.33. The Bertz CT molecular complexity index is 828. The van der Waals surface area contributed by atoms with Crippen LogP contribution in [0.25, 0.3) is 0 Å². The van der Waals surface area contributed by atoms with Gasteiger partial charge in [-0.15, -0.1) is 13.2 Å². The van der Waals surface area contributed by atoms with Gasteiger partial charge >= 0.3 is 6.36 Å². The lowest BCUT2D eigenvalue weighted by atomic mass is 10.1. The minimum Gasteiger partial charge on any atom is -0.406 e. The Morgan fingerprint density at radius 2 is 1.80 bits per heavy atom. The number of carbonyl (C=O) groups is 2. The molecule has 1 aromatic carbocycles. The molecule has 164 valence electrons. The monoisotopic (exact) mass is 445 g/mol. The lowest BCUT2D eigenvalue weighted by Gasteiger charge is -2.27. The van der Waals surface area contributed by atoms with Gasteiger partial charge in [-0.05, 0) is 49.9 Å². The number of carbonyl (C=O) groups excluding carboxylic acids is 2. The molecule has 1 saturated carbocycles. The summed E-state index contributed by atoms with van der Waals surface area (Å²) in [4.78, 5) is 23.9. The van der Waals surface area contributed by atoms with Gasteiger partial charge in [0.2, 0.25) is 11.8 Å². The van der Waals surface area contributed by atoms with Crippen molar-refractivity contribution in [2.45, 2.75) is 43.0 Å². The molecule has 1 aliphatic heterocycles. The number of nitrogens with zero attached hydrogens (tertiary/aromatic N) is 1. The first kappa shape index (κ1) is 22.3. The Morgan fingerprint density at radius 1 is 1.17 bits per heavy atom. The first-order valence-corrected chi connectivity index (χ1v) is 10.6. The van der Waals surface area contributed by atoms with E-state index in [-0.39, 0.29) is 30.2 Å². The van der Waals surface area contributed by atoms with Crippen LogP contribution in [0.1, 0.15) is 25.7 Å². The van der Waals surface area contributed by atoms with Crippen LogP contribution < -0.4 is 15.4 Å². The second-order valence-corrected chi connectivity index (χ2v) is 8.55. The van der Waals surface area contributed by atoms with Crippen molar-refractivity contribution < 1.29 is 31.7 Å². The normalized spacial score (nSPS) is 18.4. The maximum atomic E-state index is 12.6. The molecule has 1 saturated heterocycles. The van der Waals surface area contributed by atoms with Crippen molar-refractivity contribution in [1.29, 1.82) is 0 Å². The second kappa shape index (κ2) is 9.61. The van der Waals surface area contributed by atoms with Crippen LogP contribution in [0.15, 0.2) is 40.8 Å². The molecule has 1 unspecified atom stereocenters. The van der Waals surface area contributed by atoms with E-state index < -0.39 is 17.3 Å². The standard InChI is InChI=1S/C19H22F3N3O4S/c20-19(21,22)29-15-3-5-16(6-4-15)30(28)25-9-7-13(8-10-25)11-17(26)23-12-18(27)24-14-1-2-14/h3-6,11,14H,1-2,7-10,12H2,(H,23,26)(H,24,27). The van der Waals surface area contributed by atoms with Crippen LogP contribution in [0.4, 0.5) is 13.2 Å². The van der Waals surface area contributed by atoms with E-state index in [2.05, 4.69) is 15.4 Å². The van der Waals surface area contributed by atoms with Crippen molar-refractivity contribution in [3.8, 4) is 5.75 Å². The zero-order valence-electron chi connectivity index (χ0n) is 16.0. The fraction of sp³-hybridized carbons (Fsp3) is 0.474. The van der Waals surface area contributed by atoms with Crippen LogP contribution in [-0.4, -0.2) is 52.4 Å². The number of amides is 2. The Morgan fingerprint density at radius 3 is 2.37 bits per heavy atom. The molecule has 30 heavy (non-hydrogen) atoms. The van der Waals surface area contributed by atoms with Crippen molar-refractivity contribution in [2.24, 2.45) is 0 Å². The average Bonchev–Trinajstić information content (AvgIpc) is 3.50. The lowest BCUT2D eigenvalue weighted by molar-refractivity contribution is -0.274. The molecule has 11 heteroatoms. The predicted molar refractivity (Wildman–Crippen MR) is 103 cm³/mol. The van der Waals surface area contributed by atoms with Crippen LogP contribution >= 0.6 is 0 Å². The van der Waals surface area contributed by atoms with Crippen molar-refractivity contribution in [3.05, 3.63) is 35.9 Å². The average molecular weight is 445 g/mol. The number of piperidine rings is 1. The van der Waals surface area contributed by atoms with Gasteiger partial charge < -0.3 is 15.4 Å². The molecule has 7 nitrogen and oxygen atoms in total. The highest BCUT2D eigenvalue weighted by molar-refractivity contribution is 7.82. The maximum Gasteiger partial charge on any atom is 0.573 e. The van der Waals surface area contributed by atoms with Crippen LogP contribution in [-0.2, 0) is 20.6 Å². The summed E-state index contributed by atoms with van der Waals surface area (Å²) in [7, 11) is -1.52. The van der Waals surface area contributed by atoms with Gasteiger partial charge in [0.1, 0.15) is 16.7 Å². The zero-order valence-corrected chi connectivity index (χ0v) is 16.9. The van der Waals surface area contributed by atoms with Gasteiger partial charge in [-0.25, -0.2) is 8.51 Å². The highest BCUT2D eigenvalue weighted by Gasteiger charge is 2.31. The van der Waals surface area contributed by atoms with Crippen LogP contribution in [0.2, 0.25) is 0 Å². The van der Waals surface area contributed by atoms with E-state index in [9.17, 15) is 27.0 Å². The number of halogens is 3. The molecule has 2 amide bonds. The molecular weight excluding hydrogens is 423 g/mol. The smallest absolute Gasteiger partial charge is 0.406 e. The largest absolute Gasteiger partial charge is 0.573 e. The van der Waals surface area contributed by atoms with Gasteiger partial charge in [-0.1, -0.05) is 5.57 Å². The van der Waals surface area contributed by atoms with Gasteiger partial charge in [-0.3, -0.25) is 9.59 Å². The lowest BCUT2D eigenvalue weighted by Crippen LogP contribution is -2.37. The molecule has 0 spiro atoms. The molecule has 3 rings (SSSR count). The van der Waals surface area contributed by atoms with E-state index in [0.29, 0.717) is 30.8 Å². The predicted octanol–water partition coefficient (Wildman–Crippen LogP) is 2.02. The van der Waals surface area contributed by atoms with Gasteiger partial charge in [0.05, 0.1) is 11.4 Å². The summed E-state index contributed by atoms with van der Waals surface area (Å²) in [5.41, 5.74) is 0.886. The highest BCUT2D eigenvalue weighted by atomic mass is 32.2. The maximum absolute atomic E-state index is 12.6. The second-order valence-electron chi connectivity index (χ2n) is 7.06. The van der Waals surface area contributed by atoms with Crippen LogP contribution in [0, 0.1) is 0 Å². The van der Waals surface area contributed by atoms with Gasteiger partial charge in [-0.2, -0.15) is 0 Å². The fourth-order valence-corrected chi connectivity index (χ4v) is 4.08. The number of alkyl halides is 3. The molecule has 0 radical (unpaired) electrons. The number of benzene rings is 1. The Labute approximate surface area is 174 Å². The number of nitrogens with one attached hydrogen (secondary N) is 2. The summed E-state index contributed by atoms with van der Waals surface area (Å²) < 4.78 is 54.8. The molecule has 2 fully saturated rings. The van der Waals surface area contributed by atoms with E-state index in [0.717, 1.165) is 30.5 Å². The SMILES string of the molecule is O=C(C=C1CCN(S(=O)c2ccc(OC(F)(F)F)cc2)CC1)NCC(=O)NC1CC1. The topological polar surface area (TPSA) is 87.7 Å². The first-order valence-electron chi connectivity index (χ1n) is 9.49. The Hall–Kier alpha value is -2.40. The molecular formula is C19H22F3N3O4S. The molecule has 0 aromatic heterocycles. The van der Waals surface area contributed by atoms with E-state index in [1.807, 2.05) is 0 Å². The minimum atomic E-state index is -4.77. The van der Waals surface area contributed by atoms with Crippen molar-refractivity contribution in [2.75, 3.05) is 19.6 Å². The number of ether oxygens (including phenoxy) is 1. The quantitative estimate of drug-likeness (QED) is 0.629. The molecule has 1 atom stereocenters. The van der Waals surface area contributed by atoms with Crippen molar-refractivity contribution in [1.82, 2.24) is 14.9 Å². The summed E-state index contributed by atoms with van der Waals surface area (Å²) >= 11 is 0. The molecule has 2 aliphatic rings. The zero-order chi connectivity index (χ0) is 21.7. The summed E-state index contributed by atoms with van der Waals surface area (Å²) in [6.07, 6.45) is -0.289. The minimum absolute atomic E-state index is 0.0662. The number of rotatable bonds is 7. The molecule has 1 aromatic rings. The fourth-order valence-electron chi connectivity index (χ4n) is 2.90. The molecule has 1 aliphatic carbocycles. The summed E-state index contributed by atoms with van der Waals surface area (Å²) in [5.74, 6) is -0.921. The van der Waals surface area contributed by atoms with E-state index in [4.69, 9.17) is 0 Å². The first-order chi connectivity index (χ1) is 14.2. The number of hydrogen-bond donors (Lipinski definition) is 2. The van der Waals surface area contributed by atoms with E-state index in [1.54, 1.807) is 4.31 Å². The highest BCUT2D eigenvalue weighted by Crippen LogP contribution is 2.25. The third kappa shape index (κ3) is 7.13. The van der Waals surface area contributed by atoms with Crippen molar-refractivity contribution >= 4 is 22.8 Å². The van der Waals surface area contributed by atoms with Crippen LogP contribution in [0.3, 0.4) is 0 Å². The molecule has 0 bridgehead atoms. The summed E-state index contributed by atoms with van der Waals surface area (Å²) in [6.45, 7) is 0.812. The molecule has 2 N–H and O–H groups in total. The van der Waals surface area contributed by atoms with Crippen molar-refractivity contribution in [3.63, 3.8) is 0 Å². The van der Waals surface area contributed by atoms with Gasteiger partial charge in [0, 0.05) is 25.2 Å². The van der Waals surface area contributed by atoms with Crippen LogP contribution in [0.5, 0.6) is 5.75 Å². The van der Waals surface area contributed by atoms with E-state index >= 15 is 0 Å². The van der Waals surface area contributed by atoms with E-state index in [1.165, 1.54) is 18.2 Å². The van der Waals surface area contributed by atoms with Gasteiger partial charge in [0.25, 0.3) is 0 Å². The summed E-state index contributed by atoms with van der Waals surface area (Å²) in [6, 6.07) is 5.16.